The quantitative estimate of drug-likeness (QED) is 0.673. The molecule has 2 aromatic carbocycles. The average Bonchev–Trinajstić information content (AvgIpc) is 2.33. The van der Waals surface area contributed by atoms with Crippen molar-refractivity contribution in [3.05, 3.63) is 57.0 Å². The van der Waals surface area contributed by atoms with Gasteiger partial charge in [-0.25, -0.2) is 0 Å². The normalized spacial score (nSPS) is 10.6. The van der Waals surface area contributed by atoms with Crippen LogP contribution in [0, 0.1) is 6.92 Å². The number of benzene rings is 2. The van der Waals surface area contributed by atoms with Gasteiger partial charge in [0.2, 0.25) is 0 Å². The highest BCUT2D eigenvalue weighted by Crippen LogP contribution is 2.33. The van der Waals surface area contributed by atoms with Gasteiger partial charge in [0.1, 0.15) is 0 Å². The third-order valence-corrected chi connectivity index (χ3v) is 3.75. The Kier molecular flexibility index (Phi) is 3.90. The summed E-state index contributed by atoms with van der Waals surface area (Å²) in [5.41, 5.74) is 4.90. The first-order valence-electron chi connectivity index (χ1n) is 5.66. The summed E-state index contributed by atoms with van der Waals surface area (Å²) in [6.45, 7) is 4.28. The Balaban J connectivity index is 2.62. The maximum Gasteiger partial charge on any atom is 0.0485 e. The van der Waals surface area contributed by atoms with Crippen molar-refractivity contribution in [2.45, 2.75) is 20.3 Å². The molecule has 0 bridgehead atoms. The maximum absolute atomic E-state index is 6.28. The van der Waals surface area contributed by atoms with Crippen LogP contribution < -0.4 is 0 Å². The van der Waals surface area contributed by atoms with Crippen molar-refractivity contribution in [1.29, 1.82) is 0 Å². The van der Waals surface area contributed by atoms with Crippen molar-refractivity contribution in [2.24, 2.45) is 0 Å². The van der Waals surface area contributed by atoms with E-state index >= 15 is 0 Å². The first-order valence-corrected chi connectivity index (χ1v) is 6.84. The predicted octanol–water partition coefficient (Wildman–Crippen LogP) is 5.64. The van der Waals surface area contributed by atoms with Gasteiger partial charge in [0.15, 0.2) is 0 Å². The second kappa shape index (κ2) is 5.24. The minimum Gasteiger partial charge on any atom is -0.0837 e. The maximum atomic E-state index is 6.28. The van der Waals surface area contributed by atoms with Gasteiger partial charge in [-0.3, -0.25) is 0 Å². The zero-order chi connectivity index (χ0) is 12.4. The third kappa shape index (κ3) is 2.72. The molecule has 2 aromatic rings. The van der Waals surface area contributed by atoms with Crippen LogP contribution in [0.4, 0.5) is 0 Å². The van der Waals surface area contributed by atoms with Crippen molar-refractivity contribution >= 4 is 27.5 Å². The van der Waals surface area contributed by atoms with Crippen LogP contribution >= 0.6 is 27.5 Å². The van der Waals surface area contributed by atoms with E-state index in [0.29, 0.717) is 0 Å². The Hall–Kier alpha value is -0.790. The molecule has 2 rings (SSSR count). The fourth-order valence-electron chi connectivity index (χ4n) is 1.88. The number of hydrogen-bond acceptors (Lipinski definition) is 0. The van der Waals surface area contributed by atoms with Gasteiger partial charge in [0.05, 0.1) is 0 Å². The second-order valence-electron chi connectivity index (χ2n) is 4.13. The van der Waals surface area contributed by atoms with Gasteiger partial charge >= 0.3 is 0 Å². The Morgan fingerprint density at radius 1 is 1.06 bits per heavy atom. The van der Waals surface area contributed by atoms with E-state index < -0.39 is 0 Å². The van der Waals surface area contributed by atoms with Crippen LogP contribution in [0.1, 0.15) is 18.1 Å². The molecule has 0 aromatic heterocycles. The number of halogens is 2. The summed E-state index contributed by atoms with van der Waals surface area (Å²) in [5.74, 6) is 0. The van der Waals surface area contributed by atoms with E-state index in [4.69, 9.17) is 11.6 Å². The van der Waals surface area contributed by atoms with E-state index in [1.807, 2.05) is 12.1 Å². The highest BCUT2D eigenvalue weighted by molar-refractivity contribution is 9.10. The van der Waals surface area contributed by atoms with Crippen LogP contribution in [0.2, 0.25) is 5.02 Å². The van der Waals surface area contributed by atoms with Crippen molar-refractivity contribution in [3.8, 4) is 11.1 Å². The smallest absolute Gasteiger partial charge is 0.0485 e. The van der Waals surface area contributed by atoms with Crippen molar-refractivity contribution in [1.82, 2.24) is 0 Å². The fourth-order valence-corrected chi connectivity index (χ4v) is 2.46. The van der Waals surface area contributed by atoms with Crippen LogP contribution in [-0.2, 0) is 6.42 Å². The van der Waals surface area contributed by atoms with E-state index in [9.17, 15) is 0 Å². The molecule has 0 saturated heterocycles. The first kappa shape index (κ1) is 12.7. The van der Waals surface area contributed by atoms with Crippen LogP contribution in [0.15, 0.2) is 40.9 Å². The van der Waals surface area contributed by atoms with Gasteiger partial charge in [-0.15, -0.1) is 0 Å². The molecule has 0 aliphatic rings. The van der Waals surface area contributed by atoms with Crippen molar-refractivity contribution in [3.63, 3.8) is 0 Å². The molecule has 0 spiro atoms. The highest BCUT2D eigenvalue weighted by atomic mass is 79.9. The molecule has 0 N–H and O–H groups in total. The van der Waals surface area contributed by atoms with Gasteiger partial charge in [0.25, 0.3) is 0 Å². The summed E-state index contributed by atoms with van der Waals surface area (Å²) in [4.78, 5) is 0. The lowest BCUT2D eigenvalue weighted by molar-refractivity contribution is 1.14. The first-order chi connectivity index (χ1) is 8.11. The Morgan fingerprint density at radius 2 is 1.82 bits per heavy atom. The van der Waals surface area contributed by atoms with Gasteiger partial charge in [0, 0.05) is 15.1 Å². The summed E-state index contributed by atoms with van der Waals surface area (Å²) in [5, 5.41) is 0.796. The molecule has 0 heterocycles. The SMILES string of the molecule is CCc1ccc(C)c(-c2cc(Br)ccc2Cl)c1. The zero-order valence-electron chi connectivity index (χ0n) is 9.93. The fraction of sp³-hybridized carbons (Fsp3) is 0.200. The van der Waals surface area contributed by atoms with Crippen LogP contribution in [0.5, 0.6) is 0 Å². The molecule has 0 atom stereocenters. The van der Waals surface area contributed by atoms with Gasteiger partial charge in [-0.2, -0.15) is 0 Å². The number of aryl methyl sites for hydroxylation is 2. The third-order valence-electron chi connectivity index (χ3n) is 2.93. The molecule has 0 aliphatic carbocycles. The minimum atomic E-state index is 0.796. The summed E-state index contributed by atoms with van der Waals surface area (Å²) in [7, 11) is 0. The molecular formula is C15H14BrCl. The Bertz CT molecular complexity index is 547. The molecule has 0 saturated carbocycles. The number of rotatable bonds is 2. The van der Waals surface area contributed by atoms with E-state index in [1.54, 1.807) is 0 Å². The molecular weight excluding hydrogens is 296 g/mol. The van der Waals surface area contributed by atoms with Gasteiger partial charge < -0.3 is 0 Å². The van der Waals surface area contributed by atoms with Crippen LogP contribution in [0.3, 0.4) is 0 Å². The molecule has 0 nitrogen and oxygen atoms in total. The second-order valence-corrected chi connectivity index (χ2v) is 5.45. The van der Waals surface area contributed by atoms with Gasteiger partial charge in [-0.05, 0) is 48.2 Å². The summed E-state index contributed by atoms with van der Waals surface area (Å²) >= 11 is 9.77. The summed E-state index contributed by atoms with van der Waals surface area (Å²) in [6, 6.07) is 12.5. The Labute approximate surface area is 116 Å². The van der Waals surface area contributed by atoms with Crippen molar-refractivity contribution < 1.29 is 0 Å². The summed E-state index contributed by atoms with van der Waals surface area (Å²) in [6.07, 6.45) is 1.04. The molecule has 0 aliphatic heterocycles. The van der Waals surface area contributed by atoms with E-state index in [-0.39, 0.29) is 0 Å². The highest BCUT2D eigenvalue weighted by Gasteiger charge is 2.07. The van der Waals surface area contributed by atoms with E-state index in [2.05, 4.69) is 54.0 Å². The van der Waals surface area contributed by atoms with Crippen LogP contribution in [0.25, 0.3) is 11.1 Å². The number of hydrogen-bond donors (Lipinski definition) is 0. The molecule has 0 unspecified atom stereocenters. The lowest BCUT2D eigenvalue weighted by atomic mass is 9.97. The molecule has 88 valence electrons. The molecule has 0 radical (unpaired) electrons. The lowest BCUT2D eigenvalue weighted by Crippen LogP contribution is -1.88. The summed E-state index contributed by atoms with van der Waals surface area (Å²) < 4.78 is 1.05. The molecule has 17 heavy (non-hydrogen) atoms. The molecule has 0 fully saturated rings. The predicted molar refractivity (Wildman–Crippen MR) is 78.7 cm³/mol. The average molecular weight is 310 g/mol. The molecule has 0 amide bonds. The standard InChI is InChI=1S/C15H14BrCl/c1-3-11-5-4-10(2)13(8-11)14-9-12(16)6-7-15(14)17/h4-9H,3H2,1-2H3. The van der Waals surface area contributed by atoms with E-state index in [0.717, 1.165) is 21.5 Å². The topological polar surface area (TPSA) is 0 Å². The lowest BCUT2D eigenvalue weighted by Gasteiger charge is -2.10. The molecule has 2 heteroatoms. The van der Waals surface area contributed by atoms with Crippen molar-refractivity contribution in [2.75, 3.05) is 0 Å². The van der Waals surface area contributed by atoms with E-state index in [1.165, 1.54) is 16.7 Å². The minimum absolute atomic E-state index is 0.796. The monoisotopic (exact) mass is 308 g/mol. The zero-order valence-corrected chi connectivity index (χ0v) is 12.3. The Morgan fingerprint density at radius 3 is 2.53 bits per heavy atom. The largest absolute Gasteiger partial charge is 0.0837 e. The van der Waals surface area contributed by atoms with Gasteiger partial charge in [-0.1, -0.05) is 52.7 Å². The van der Waals surface area contributed by atoms with Crippen LogP contribution in [-0.4, -0.2) is 0 Å².